The first-order valence-corrected chi connectivity index (χ1v) is 8.04. The number of nitro benzene ring substituents is 1. The van der Waals surface area contributed by atoms with Gasteiger partial charge >= 0.3 is 0 Å². The summed E-state index contributed by atoms with van der Waals surface area (Å²) in [5.41, 5.74) is 0.858. The monoisotopic (exact) mass is 338 g/mol. The molecule has 1 fully saturated rings. The molecular weight excluding hydrogens is 320 g/mol. The van der Waals surface area contributed by atoms with Crippen LogP contribution in [-0.4, -0.2) is 41.3 Å². The van der Waals surface area contributed by atoms with Gasteiger partial charge in [-0.1, -0.05) is 0 Å². The van der Waals surface area contributed by atoms with E-state index >= 15 is 0 Å². The fraction of sp³-hybridized carbons (Fsp3) is 0.353. The molecule has 1 aliphatic heterocycles. The molecule has 0 saturated carbocycles. The van der Waals surface area contributed by atoms with E-state index in [4.69, 9.17) is 5.26 Å². The number of anilines is 2. The van der Waals surface area contributed by atoms with Crippen molar-refractivity contribution in [3.05, 3.63) is 52.2 Å². The second-order valence-corrected chi connectivity index (χ2v) is 5.98. The van der Waals surface area contributed by atoms with Gasteiger partial charge in [0.15, 0.2) is 5.82 Å². The van der Waals surface area contributed by atoms with E-state index < -0.39 is 4.92 Å². The third kappa shape index (κ3) is 3.50. The highest BCUT2D eigenvalue weighted by atomic mass is 16.6. The summed E-state index contributed by atoms with van der Waals surface area (Å²) in [6.07, 6.45) is 3.37. The van der Waals surface area contributed by atoms with Gasteiger partial charge in [0.25, 0.3) is 5.69 Å². The van der Waals surface area contributed by atoms with E-state index in [9.17, 15) is 10.1 Å². The zero-order valence-electron chi connectivity index (χ0n) is 13.9. The SMILES string of the molecule is CN(c1cccnn1)C1CCN(c2ccc(C#N)cc2[N+](=O)[O-])CC1. The van der Waals surface area contributed by atoms with Crippen LogP contribution >= 0.6 is 0 Å². The number of hydrogen-bond donors (Lipinski definition) is 0. The molecule has 0 N–H and O–H groups in total. The molecule has 0 bridgehead atoms. The summed E-state index contributed by atoms with van der Waals surface area (Å²) in [4.78, 5) is 15.0. The zero-order chi connectivity index (χ0) is 17.8. The van der Waals surface area contributed by atoms with E-state index in [2.05, 4.69) is 15.1 Å². The number of aromatic nitrogens is 2. The highest BCUT2D eigenvalue weighted by molar-refractivity contribution is 5.66. The summed E-state index contributed by atoms with van der Waals surface area (Å²) < 4.78 is 0. The molecule has 2 aromatic rings. The van der Waals surface area contributed by atoms with Crippen LogP contribution in [0.25, 0.3) is 0 Å². The Kier molecular flexibility index (Phi) is 4.75. The smallest absolute Gasteiger partial charge is 0.293 e. The normalized spacial score (nSPS) is 14.8. The van der Waals surface area contributed by atoms with E-state index in [0.29, 0.717) is 30.4 Å². The third-order valence-corrected chi connectivity index (χ3v) is 4.57. The molecule has 0 spiro atoms. The van der Waals surface area contributed by atoms with Crippen molar-refractivity contribution in [3.8, 4) is 6.07 Å². The Morgan fingerprint density at radius 2 is 2.12 bits per heavy atom. The summed E-state index contributed by atoms with van der Waals surface area (Å²) in [5.74, 6) is 0.824. The molecule has 128 valence electrons. The van der Waals surface area contributed by atoms with Crippen LogP contribution in [0.1, 0.15) is 18.4 Å². The fourth-order valence-corrected chi connectivity index (χ4v) is 3.17. The van der Waals surface area contributed by atoms with Crippen molar-refractivity contribution in [1.82, 2.24) is 10.2 Å². The van der Waals surface area contributed by atoms with Crippen molar-refractivity contribution in [2.75, 3.05) is 29.9 Å². The van der Waals surface area contributed by atoms with Crippen molar-refractivity contribution < 1.29 is 4.92 Å². The molecule has 2 heterocycles. The number of hydrogen-bond acceptors (Lipinski definition) is 7. The lowest BCUT2D eigenvalue weighted by atomic mass is 10.0. The third-order valence-electron chi connectivity index (χ3n) is 4.57. The lowest BCUT2D eigenvalue weighted by Crippen LogP contribution is -2.44. The van der Waals surface area contributed by atoms with Crippen molar-refractivity contribution in [2.45, 2.75) is 18.9 Å². The van der Waals surface area contributed by atoms with Crippen molar-refractivity contribution >= 4 is 17.2 Å². The van der Waals surface area contributed by atoms with Crippen LogP contribution in [0.15, 0.2) is 36.5 Å². The maximum Gasteiger partial charge on any atom is 0.293 e. The molecule has 8 nitrogen and oxygen atoms in total. The van der Waals surface area contributed by atoms with Crippen LogP contribution in [0.2, 0.25) is 0 Å². The quantitative estimate of drug-likeness (QED) is 0.623. The minimum atomic E-state index is -0.423. The summed E-state index contributed by atoms with van der Waals surface area (Å²) >= 11 is 0. The molecule has 1 aromatic heterocycles. The standard InChI is InChI=1S/C17H18N6O2/c1-21(17-3-2-8-19-20-17)14-6-9-22(10-7-14)15-5-4-13(12-18)11-16(15)23(24)25/h2-5,8,11,14H,6-7,9-10H2,1H3. The van der Waals surface area contributed by atoms with Gasteiger partial charge in [0.2, 0.25) is 0 Å². The minimum Gasteiger partial charge on any atom is -0.366 e. The second-order valence-electron chi connectivity index (χ2n) is 5.98. The first-order chi connectivity index (χ1) is 12.1. The van der Waals surface area contributed by atoms with Gasteiger partial charge in [0.1, 0.15) is 5.69 Å². The Morgan fingerprint density at radius 1 is 1.36 bits per heavy atom. The van der Waals surface area contributed by atoms with Gasteiger partial charge in [-0.2, -0.15) is 10.4 Å². The van der Waals surface area contributed by atoms with Gasteiger partial charge in [-0.05, 0) is 37.1 Å². The Morgan fingerprint density at radius 3 is 2.72 bits per heavy atom. The molecule has 8 heteroatoms. The minimum absolute atomic E-state index is 0.0141. The predicted octanol–water partition coefficient (Wildman–Crippen LogP) is 2.36. The van der Waals surface area contributed by atoms with Gasteiger partial charge in [-0.25, -0.2) is 0 Å². The van der Waals surface area contributed by atoms with Gasteiger partial charge in [-0.3, -0.25) is 10.1 Å². The molecule has 0 radical (unpaired) electrons. The molecule has 1 saturated heterocycles. The van der Waals surface area contributed by atoms with Crippen LogP contribution in [0.5, 0.6) is 0 Å². The number of nitriles is 1. The number of nitro groups is 1. The average Bonchev–Trinajstić information content (AvgIpc) is 2.67. The van der Waals surface area contributed by atoms with Crippen molar-refractivity contribution in [1.29, 1.82) is 5.26 Å². The molecule has 3 rings (SSSR count). The largest absolute Gasteiger partial charge is 0.366 e. The topological polar surface area (TPSA) is 99.2 Å². The molecule has 0 unspecified atom stereocenters. The molecular formula is C17H18N6O2. The summed E-state index contributed by atoms with van der Waals surface area (Å²) in [6.45, 7) is 1.42. The van der Waals surface area contributed by atoms with Gasteiger partial charge in [0.05, 0.1) is 16.6 Å². The van der Waals surface area contributed by atoms with Crippen molar-refractivity contribution in [3.63, 3.8) is 0 Å². The zero-order valence-corrected chi connectivity index (χ0v) is 13.9. The Labute approximate surface area is 145 Å². The van der Waals surface area contributed by atoms with Crippen LogP contribution in [-0.2, 0) is 0 Å². The summed E-state index contributed by atoms with van der Waals surface area (Å²) in [5, 5.41) is 28.3. The van der Waals surface area contributed by atoms with Gasteiger partial charge in [0, 0.05) is 38.4 Å². The molecule has 0 amide bonds. The maximum atomic E-state index is 11.3. The second kappa shape index (κ2) is 7.13. The van der Waals surface area contributed by atoms with Crippen LogP contribution in [0.4, 0.5) is 17.2 Å². The number of piperidine rings is 1. The first kappa shape index (κ1) is 16.6. The van der Waals surface area contributed by atoms with E-state index in [-0.39, 0.29) is 5.69 Å². The van der Waals surface area contributed by atoms with Crippen LogP contribution in [0, 0.1) is 21.4 Å². The van der Waals surface area contributed by atoms with Gasteiger partial charge in [-0.15, -0.1) is 5.10 Å². The Balaban J connectivity index is 1.73. The lowest BCUT2D eigenvalue weighted by Gasteiger charge is -2.37. The molecule has 25 heavy (non-hydrogen) atoms. The first-order valence-electron chi connectivity index (χ1n) is 8.04. The van der Waals surface area contributed by atoms with Crippen LogP contribution < -0.4 is 9.80 Å². The molecule has 0 aliphatic carbocycles. The predicted molar refractivity (Wildman–Crippen MR) is 93.5 cm³/mol. The van der Waals surface area contributed by atoms with E-state index in [1.54, 1.807) is 18.3 Å². The summed E-state index contributed by atoms with van der Waals surface area (Å²) in [6, 6.07) is 10.7. The highest BCUT2D eigenvalue weighted by Gasteiger charge is 2.27. The van der Waals surface area contributed by atoms with E-state index in [0.717, 1.165) is 18.7 Å². The number of nitrogens with zero attached hydrogens (tertiary/aromatic N) is 6. The molecule has 1 aromatic carbocycles. The van der Waals surface area contributed by atoms with Gasteiger partial charge < -0.3 is 9.80 Å². The highest BCUT2D eigenvalue weighted by Crippen LogP contribution is 2.32. The van der Waals surface area contributed by atoms with Crippen LogP contribution in [0.3, 0.4) is 0 Å². The summed E-state index contributed by atoms with van der Waals surface area (Å²) in [7, 11) is 1.99. The number of rotatable bonds is 4. The Bertz CT molecular complexity index is 797. The maximum absolute atomic E-state index is 11.3. The van der Waals surface area contributed by atoms with E-state index in [1.165, 1.54) is 6.07 Å². The van der Waals surface area contributed by atoms with E-state index in [1.807, 2.05) is 30.1 Å². The van der Waals surface area contributed by atoms with Crippen molar-refractivity contribution in [2.24, 2.45) is 0 Å². The Hall–Kier alpha value is -3.21. The average molecular weight is 338 g/mol. The molecule has 1 aliphatic rings. The number of benzene rings is 1. The lowest BCUT2D eigenvalue weighted by molar-refractivity contribution is -0.384. The fourth-order valence-electron chi connectivity index (χ4n) is 3.17. The molecule has 0 atom stereocenters.